The third-order valence-corrected chi connectivity index (χ3v) is 2.71. The highest BCUT2D eigenvalue weighted by molar-refractivity contribution is 5.75. The fourth-order valence-electron chi connectivity index (χ4n) is 1.96. The molecule has 1 N–H and O–H groups in total. The van der Waals surface area contributed by atoms with E-state index in [2.05, 4.69) is 10.2 Å². The van der Waals surface area contributed by atoms with Crippen LogP contribution in [0.5, 0.6) is 0 Å². The number of methoxy groups -OCH3 is 1. The Morgan fingerprint density at radius 2 is 2.43 bits per heavy atom. The number of nitrogens with zero attached hydrogens (tertiary/aromatic N) is 1. The molecule has 1 heterocycles. The number of nitrogens with one attached hydrogen (secondary N) is 1. The molecule has 4 heteroatoms. The highest BCUT2D eigenvalue weighted by Crippen LogP contribution is 2.18. The Kier molecular flexibility index (Phi) is 4.90. The Bertz CT molecular complexity index is 185. The molecule has 0 radical (unpaired) electrons. The quantitative estimate of drug-likeness (QED) is 0.509. The summed E-state index contributed by atoms with van der Waals surface area (Å²) in [6.07, 6.45) is 3.15. The summed E-state index contributed by atoms with van der Waals surface area (Å²) < 4.78 is 4.77. The van der Waals surface area contributed by atoms with E-state index in [0.717, 1.165) is 38.9 Å². The van der Waals surface area contributed by atoms with Gasteiger partial charge in [0.1, 0.15) is 6.04 Å². The number of ether oxygens (including phenoxy) is 1. The molecule has 82 valence electrons. The summed E-state index contributed by atoms with van der Waals surface area (Å²) in [4.78, 5) is 13.6. The Morgan fingerprint density at radius 3 is 3.07 bits per heavy atom. The van der Waals surface area contributed by atoms with Gasteiger partial charge in [0.25, 0.3) is 0 Å². The number of carbonyl (C=O) groups excluding carboxylic acids is 1. The zero-order chi connectivity index (χ0) is 10.4. The predicted molar refractivity (Wildman–Crippen MR) is 55.2 cm³/mol. The number of likely N-dealkylation sites (tertiary alicyclic amines) is 1. The monoisotopic (exact) mass is 200 g/mol. The number of hydrogen-bond acceptors (Lipinski definition) is 4. The lowest BCUT2D eigenvalue weighted by Gasteiger charge is -2.21. The fraction of sp³-hybridized carbons (Fsp3) is 0.900. The van der Waals surface area contributed by atoms with Gasteiger partial charge in [-0.25, -0.2) is 0 Å². The molecular formula is C10H20N2O2. The first-order valence-electron chi connectivity index (χ1n) is 5.26. The molecule has 0 aromatic heterocycles. The van der Waals surface area contributed by atoms with Crippen molar-refractivity contribution in [2.45, 2.75) is 25.3 Å². The lowest BCUT2D eigenvalue weighted by atomic mass is 10.2. The van der Waals surface area contributed by atoms with Crippen molar-refractivity contribution in [3.8, 4) is 0 Å². The topological polar surface area (TPSA) is 41.6 Å². The van der Waals surface area contributed by atoms with Crippen molar-refractivity contribution in [1.29, 1.82) is 0 Å². The van der Waals surface area contributed by atoms with Gasteiger partial charge in [-0.05, 0) is 39.4 Å². The van der Waals surface area contributed by atoms with Gasteiger partial charge in [-0.1, -0.05) is 0 Å². The van der Waals surface area contributed by atoms with Crippen molar-refractivity contribution in [1.82, 2.24) is 10.2 Å². The normalized spacial score (nSPS) is 22.6. The van der Waals surface area contributed by atoms with E-state index in [9.17, 15) is 4.79 Å². The molecule has 0 bridgehead atoms. The van der Waals surface area contributed by atoms with Gasteiger partial charge in [-0.15, -0.1) is 0 Å². The Hall–Kier alpha value is -0.610. The zero-order valence-electron chi connectivity index (χ0n) is 9.08. The average Bonchev–Trinajstić information content (AvgIpc) is 2.65. The molecule has 0 spiro atoms. The Balaban J connectivity index is 2.31. The number of carbonyl (C=O) groups is 1. The van der Waals surface area contributed by atoms with Gasteiger partial charge in [0, 0.05) is 6.54 Å². The number of hydrogen-bond donors (Lipinski definition) is 1. The van der Waals surface area contributed by atoms with Gasteiger partial charge >= 0.3 is 5.97 Å². The first kappa shape index (κ1) is 11.5. The van der Waals surface area contributed by atoms with Crippen molar-refractivity contribution < 1.29 is 9.53 Å². The molecule has 1 aliphatic heterocycles. The van der Waals surface area contributed by atoms with Crippen LogP contribution in [0.4, 0.5) is 0 Å². The van der Waals surface area contributed by atoms with Crippen LogP contribution in [-0.4, -0.2) is 50.7 Å². The van der Waals surface area contributed by atoms with Crippen LogP contribution in [0.25, 0.3) is 0 Å². The van der Waals surface area contributed by atoms with Crippen LogP contribution in [0.1, 0.15) is 19.3 Å². The smallest absolute Gasteiger partial charge is 0.323 e. The summed E-state index contributed by atoms with van der Waals surface area (Å²) >= 11 is 0. The second-order valence-electron chi connectivity index (χ2n) is 3.67. The molecule has 1 saturated heterocycles. The van der Waals surface area contributed by atoms with Crippen LogP contribution in [-0.2, 0) is 9.53 Å². The first-order chi connectivity index (χ1) is 6.79. The van der Waals surface area contributed by atoms with E-state index in [4.69, 9.17) is 4.74 Å². The third-order valence-electron chi connectivity index (χ3n) is 2.71. The summed E-state index contributed by atoms with van der Waals surface area (Å²) in [6, 6.07) is 0.0110. The summed E-state index contributed by atoms with van der Waals surface area (Å²) in [5, 5.41) is 3.11. The molecule has 1 atom stereocenters. The molecule has 1 rings (SSSR count). The van der Waals surface area contributed by atoms with E-state index in [-0.39, 0.29) is 12.0 Å². The van der Waals surface area contributed by atoms with E-state index < -0.39 is 0 Å². The Morgan fingerprint density at radius 1 is 1.64 bits per heavy atom. The minimum absolute atomic E-state index is 0.0110. The molecule has 0 aromatic rings. The zero-order valence-corrected chi connectivity index (χ0v) is 9.08. The molecule has 1 unspecified atom stereocenters. The summed E-state index contributed by atoms with van der Waals surface area (Å²) in [5.74, 6) is -0.0769. The van der Waals surface area contributed by atoms with Gasteiger partial charge in [-0.2, -0.15) is 0 Å². The van der Waals surface area contributed by atoms with Crippen molar-refractivity contribution in [2.24, 2.45) is 0 Å². The van der Waals surface area contributed by atoms with Crippen LogP contribution in [0.15, 0.2) is 0 Å². The third kappa shape index (κ3) is 2.96. The van der Waals surface area contributed by atoms with E-state index in [1.165, 1.54) is 7.11 Å². The van der Waals surface area contributed by atoms with Crippen LogP contribution in [0.2, 0.25) is 0 Å². The second-order valence-corrected chi connectivity index (χ2v) is 3.67. The van der Waals surface area contributed by atoms with Crippen LogP contribution in [0.3, 0.4) is 0 Å². The van der Waals surface area contributed by atoms with Crippen molar-refractivity contribution >= 4 is 5.97 Å². The average molecular weight is 200 g/mol. The fourth-order valence-corrected chi connectivity index (χ4v) is 1.96. The molecule has 0 saturated carbocycles. The largest absolute Gasteiger partial charge is 0.468 e. The lowest BCUT2D eigenvalue weighted by molar-refractivity contribution is -0.145. The van der Waals surface area contributed by atoms with E-state index in [1.807, 2.05) is 7.05 Å². The molecule has 0 amide bonds. The van der Waals surface area contributed by atoms with Gasteiger partial charge in [0.05, 0.1) is 7.11 Å². The van der Waals surface area contributed by atoms with Gasteiger partial charge in [0.15, 0.2) is 0 Å². The maximum absolute atomic E-state index is 11.4. The first-order valence-corrected chi connectivity index (χ1v) is 5.26. The van der Waals surface area contributed by atoms with Gasteiger partial charge in [0.2, 0.25) is 0 Å². The summed E-state index contributed by atoms with van der Waals surface area (Å²) in [6.45, 7) is 3.02. The minimum atomic E-state index is -0.0769. The standard InChI is InChI=1S/C10H20N2O2/c1-11-6-4-8-12-7-3-5-9(12)10(13)14-2/h9,11H,3-8H2,1-2H3. The van der Waals surface area contributed by atoms with Crippen LogP contribution < -0.4 is 5.32 Å². The van der Waals surface area contributed by atoms with E-state index in [0.29, 0.717) is 0 Å². The Labute approximate surface area is 85.6 Å². The van der Waals surface area contributed by atoms with E-state index in [1.54, 1.807) is 0 Å². The van der Waals surface area contributed by atoms with E-state index >= 15 is 0 Å². The predicted octanol–water partition coefficient (Wildman–Crippen LogP) is 0.233. The van der Waals surface area contributed by atoms with Gasteiger partial charge < -0.3 is 10.1 Å². The van der Waals surface area contributed by atoms with Crippen LogP contribution in [0, 0.1) is 0 Å². The summed E-state index contributed by atoms with van der Waals surface area (Å²) in [5.41, 5.74) is 0. The van der Waals surface area contributed by atoms with Crippen molar-refractivity contribution in [3.63, 3.8) is 0 Å². The molecular weight excluding hydrogens is 180 g/mol. The highest BCUT2D eigenvalue weighted by Gasteiger charge is 2.30. The van der Waals surface area contributed by atoms with Crippen LogP contribution >= 0.6 is 0 Å². The second kappa shape index (κ2) is 5.98. The molecule has 1 aliphatic rings. The maximum Gasteiger partial charge on any atom is 0.323 e. The molecule has 4 nitrogen and oxygen atoms in total. The minimum Gasteiger partial charge on any atom is -0.468 e. The molecule has 0 aliphatic carbocycles. The van der Waals surface area contributed by atoms with Crippen molar-refractivity contribution in [3.05, 3.63) is 0 Å². The number of esters is 1. The number of rotatable bonds is 5. The molecule has 0 aromatic carbocycles. The molecule has 14 heavy (non-hydrogen) atoms. The summed E-state index contributed by atoms with van der Waals surface area (Å²) in [7, 11) is 3.41. The van der Waals surface area contributed by atoms with Gasteiger partial charge in [-0.3, -0.25) is 9.69 Å². The van der Waals surface area contributed by atoms with Crippen molar-refractivity contribution in [2.75, 3.05) is 33.8 Å². The molecule has 1 fully saturated rings. The highest BCUT2D eigenvalue weighted by atomic mass is 16.5. The maximum atomic E-state index is 11.4. The SMILES string of the molecule is CNCCCN1CCCC1C(=O)OC. The lowest BCUT2D eigenvalue weighted by Crippen LogP contribution is -2.38.